The fourth-order valence-corrected chi connectivity index (χ4v) is 2.39. The van der Waals surface area contributed by atoms with Crippen molar-refractivity contribution in [2.75, 3.05) is 32.8 Å². The van der Waals surface area contributed by atoms with E-state index < -0.39 is 10.9 Å². The second kappa shape index (κ2) is 9.14. The summed E-state index contributed by atoms with van der Waals surface area (Å²) in [5, 5.41) is 10.7. The minimum atomic E-state index is -0.469. The Balaban J connectivity index is 1.77. The predicted molar refractivity (Wildman–Crippen MR) is 89.6 cm³/mol. The molecule has 24 heavy (non-hydrogen) atoms. The Hall–Kier alpha value is -2.25. The fraction of sp³-hybridized carbons (Fsp3) is 0.471. The topological polar surface area (TPSA) is 81.9 Å². The maximum atomic E-state index is 11.8. The normalized spacial score (nSPS) is 16.9. The van der Waals surface area contributed by atoms with Crippen molar-refractivity contribution in [2.24, 2.45) is 0 Å². The molecule has 0 aromatic heterocycles. The third kappa shape index (κ3) is 6.10. The van der Waals surface area contributed by atoms with E-state index in [0.717, 1.165) is 39.3 Å². The van der Waals surface area contributed by atoms with Gasteiger partial charge in [0.15, 0.2) is 0 Å². The lowest BCUT2D eigenvalue weighted by molar-refractivity contribution is -0.384. The molecule has 1 aliphatic heterocycles. The molecule has 1 aromatic rings. The van der Waals surface area contributed by atoms with Gasteiger partial charge < -0.3 is 9.47 Å². The van der Waals surface area contributed by atoms with Crippen LogP contribution in [0.5, 0.6) is 0 Å². The first-order valence-corrected chi connectivity index (χ1v) is 7.98. The first kappa shape index (κ1) is 18.1. The smallest absolute Gasteiger partial charge is 0.331 e. The van der Waals surface area contributed by atoms with Crippen LogP contribution in [0.15, 0.2) is 30.3 Å². The number of rotatable bonds is 7. The molecule has 1 aliphatic rings. The van der Waals surface area contributed by atoms with Crippen molar-refractivity contribution in [2.45, 2.75) is 19.4 Å². The van der Waals surface area contributed by atoms with E-state index in [1.54, 1.807) is 12.1 Å². The van der Waals surface area contributed by atoms with E-state index in [0.29, 0.717) is 5.56 Å². The van der Waals surface area contributed by atoms with E-state index in [2.05, 4.69) is 4.90 Å². The number of hydrogen-bond acceptors (Lipinski definition) is 6. The Bertz CT molecular complexity index is 596. The average Bonchev–Trinajstić information content (AvgIpc) is 2.59. The van der Waals surface area contributed by atoms with Crippen LogP contribution in [-0.2, 0) is 14.3 Å². The molecule has 1 saturated heterocycles. The molecule has 7 nitrogen and oxygen atoms in total. The Morgan fingerprint density at radius 2 is 2.21 bits per heavy atom. The van der Waals surface area contributed by atoms with E-state index in [9.17, 15) is 14.9 Å². The molecule has 1 aromatic carbocycles. The minimum Gasteiger partial charge on any atom is -0.459 e. The fourth-order valence-electron chi connectivity index (χ4n) is 2.39. The summed E-state index contributed by atoms with van der Waals surface area (Å²) in [4.78, 5) is 24.4. The van der Waals surface area contributed by atoms with E-state index >= 15 is 0 Å². The van der Waals surface area contributed by atoms with Crippen LogP contribution in [0, 0.1) is 10.1 Å². The van der Waals surface area contributed by atoms with Crippen LogP contribution < -0.4 is 0 Å². The number of nitrogens with zero attached hydrogens (tertiary/aromatic N) is 2. The van der Waals surface area contributed by atoms with E-state index in [-0.39, 0.29) is 11.8 Å². The van der Waals surface area contributed by atoms with Gasteiger partial charge in [-0.05, 0) is 25.0 Å². The lowest BCUT2D eigenvalue weighted by atomic mass is 10.2. The van der Waals surface area contributed by atoms with Gasteiger partial charge in [-0.15, -0.1) is 0 Å². The summed E-state index contributed by atoms with van der Waals surface area (Å²) >= 11 is 0. The van der Waals surface area contributed by atoms with Crippen molar-refractivity contribution in [3.05, 3.63) is 46.0 Å². The zero-order valence-corrected chi connectivity index (χ0v) is 13.7. The Morgan fingerprint density at radius 1 is 1.46 bits per heavy atom. The second-order valence-electron chi connectivity index (χ2n) is 5.68. The number of esters is 1. The van der Waals surface area contributed by atoms with Crippen LogP contribution in [0.1, 0.15) is 18.9 Å². The van der Waals surface area contributed by atoms with E-state index in [1.807, 2.05) is 6.92 Å². The number of nitro benzene ring substituents is 1. The number of benzene rings is 1. The highest BCUT2D eigenvalue weighted by Crippen LogP contribution is 2.14. The zero-order chi connectivity index (χ0) is 17.4. The van der Waals surface area contributed by atoms with Crippen molar-refractivity contribution in [3.8, 4) is 0 Å². The number of carbonyl (C=O) groups is 1. The van der Waals surface area contributed by atoms with Crippen molar-refractivity contribution < 1.29 is 19.2 Å². The molecule has 0 N–H and O–H groups in total. The molecule has 1 heterocycles. The van der Waals surface area contributed by atoms with Gasteiger partial charge in [-0.1, -0.05) is 12.1 Å². The summed E-state index contributed by atoms with van der Waals surface area (Å²) in [7, 11) is 0. The maximum Gasteiger partial charge on any atom is 0.331 e. The molecule has 0 unspecified atom stereocenters. The van der Waals surface area contributed by atoms with Crippen LogP contribution in [0.3, 0.4) is 0 Å². The minimum absolute atomic E-state index is 0.00982. The number of carbonyl (C=O) groups excluding carboxylic acids is 1. The highest BCUT2D eigenvalue weighted by molar-refractivity contribution is 5.87. The van der Waals surface area contributed by atoms with Gasteiger partial charge in [0.2, 0.25) is 0 Å². The summed E-state index contributed by atoms with van der Waals surface area (Å²) in [5.41, 5.74) is 0.575. The molecule has 130 valence electrons. The van der Waals surface area contributed by atoms with Crippen LogP contribution in [0.25, 0.3) is 6.08 Å². The van der Waals surface area contributed by atoms with Crippen molar-refractivity contribution in [1.82, 2.24) is 4.90 Å². The largest absolute Gasteiger partial charge is 0.459 e. The molecular formula is C17H22N2O5. The van der Waals surface area contributed by atoms with Crippen LogP contribution in [0.4, 0.5) is 5.69 Å². The monoisotopic (exact) mass is 334 g/mol. The first-order valence-electron chi connectivity index (χ1n) is 7.98. The van der Waals surface area contributed by atoms with Crippen LogP contribution in [-0.4, -0.2) is 54.7 Å². The molecule has 0 bridgehead atoms. The molecule has 0 radical (unpaired) electrons. The number of morpholine rings is 1. The zero-order valence-electron chi connectivity index (χ0n) is 13.7. The third-order valence-corrected chi connectivity index (χ3v) is 3.77. The van der Waals surface area contributed by atoms with Gasteiger partial charge in [0.25, 0.3) is 5.69 Å². The molecule has 0 amide bonds. The molecule has 0 saturated carbocycles. The molecule has 1 fully saturated rings. The van der Waals surface area contributed by atoms with Gasteiger partial charge >= 0.3 is 5.97 Å². The van der Waals surface area contributed by atoms with Crippen molar-refractivity contribution >= 4 is 17.7 Å². The number of nitro groups is 1. The van der Waals surface area contributed by atoms with Crippen LogP contribution >= 0.6 is 0 Å². The highest BCUT2D eigenvalue weighted by Gasteiger charge is 2.13. The van der Waals surface area contributed by atoms with Gasteiger partial charge in [-0.3, -0.25) is 15.0 Å². The molecule has 2 rings (SSSR count). The van der Waals surface area contributed by atoms with E-state index in [1.165, 1.54) is 24.3 Å². The molecule has 0 aliphatic carbocycles. The molecular weight excluding hydrogens is 312 g/mol. The van der Waals surface area contributed by atoms with Gasteiger partial charge in [0, 0.05) is 37.8 Å². The Kier molecular flexibility index (Phi) is 6.89. The Morgan fingerprint density at radius 3 is 2.92 bits per heavy atom. The summed E-state index contributed by atoms with van der Waals surface area (Å²) < 4.78 is 10.6. The summed E-state index contributed by atoms with van der Waals surface area (Å²) in [6.45, 7) is 6.05. The first-order chi connectivity index (χ1) is 11.5. The summed E-state index contributed by atoms with van der Waals surface area (Å²) in [6, 6.07) is 6.09. The number of non-ortho nitro benzene ring substituents is 1. The third-order valence-electron chi connectivity index (χ3n) is 3.77. The second-order valence-corrected chi connectivity index (χ2v) is 5.68. The Labute approximate surface area is 141 Å². The van der Waals surface area contributed by atoms with Gasteiger partial charge in [0.1, 0.15) is 6.10 Å². The molecule has 1 atom stereocenters. The standard InChI is InChI=1S/C17H22N2O5/c1-14(7-8-18-9-11-23-12-10-18)24-17(20)6-5-15-3-2-4-16(13-15)19(21)22/h2-6,13-14H,7-12H2,1H3/b6-5-/t14-/m1/s1. The lowest BCUT2D eigenvalue weighted by Crippen LogP contribution is -2.38. The van der Waals surface area contributed by atoms with Crippen molar-refractivity contribution in [1.29, 1.82) is 0 Å². The van der Waals surface area contributed by atoms with Gasteiger partial charge in [-0.25, -0.2) is 4.79 Å². The number of ether oxygens (including phenoxy) is 2. The van der Waals surface area contributed by atoms with Crippen molar-refractivity contribution in [3.63, 3.8) is 0 Å². The maximum absolute atomic E-state index is 11.8. The quantitative estimate of drug-likeness (QED) is 0.329. The van der Waals surface area contributed by atoms with E-state index in [4.69, 9.17) is 9.47 Å². The lowest BCUT2D eigenvalue weighted by Gasteiger charge is -2.27. The summed E-state index contributed by atoms with van der Waals surface area (Å²) in [6.07, 6.45) is 3.39. The van der Waals surface area contributed by atoms with Crippen LogP contribution in [0.2, 0.25) is 0 Å². The van der Waals surface area contributed by atoms with Gasteiger partial charge in [0.05, 0.1) is 18.1 Å². The number of hydrogen-bond donors (Lipinski definition) is 0. The molecule has 0 spiro atoms. The van der Waals surface area contributed by atoms with Gasteiger partial charge in [-0.2, -0.15) is 0 Å². The SMILES string of the molecule is C[C@H](CCN1CCOCC1)OC(=O)/C=C\c1cccc([N+](=O)[O-])c1. The molecule has 7 heteroatoms. The predicted octanol–water partition coefficient (Wildman–Crippen LogP) is 2.26. The summed E-state index contributed by atoms with van der Waals surface area (Å²) in [5.74, 6) is -0.448. The average molecular weight is 334 g/mol. The highest BCUT2D eigenvalue weighted by atomic mass is 16.6.